The Hall–Kier alpha value is -3.32. The quantitative estimate of drug-likeness (QED) is 0.383. The summed E-state index contributed by atoms with van der Waals surface area (Å²) in [4.78, 5) is 16.0. The summed E-state index contributed by atoms with van der Waals surface area (Å²) in [7, 11) is 0. The number of halogens is 1. The van der Waals surface area contributed by atoms with Crippen molar-refractivity contribution in [3.05, 3.63) is 117 Å². The zero-order valence-corrected chi connectivity index (χ0v) is 20.5. The molecule has 1 aliphatic rings. The second kappa shape index (κ2) is 11.6. The molecule has 0 aliphatic carbocycles. The first-order valence-corrected chi connectivity index (χ1v) is 12.6. The maximum atomic E-state index is 13.6. The summed E-state index contributed by atoms with van der Waals surface area (Å²) < 4.78 is 20.6. The average Bonchev–Trinajstić information content (AvgIpc) is 2.91. The Labute approximate surface area is 211 Å². The number of hydrogen-bond donors (Lipinski definition) is 1. The van der Waals surface area contributed by atoms with E-state index in [1.807, 2.05) is 16.7 Å². The van der Waals surface area contributed by atoms with E-state index in [2.05, 4.69) is 52.7 Å². The molecular weight excluding hydrogens is 453 g/mol. The van der Waals surface area contributed by atoms with Crippen molar-refractivity contribution in [3.63, 3.8) is 0 Å². The number of rotatable bonds is 9. The van der Waals surface area contributed by atoms with Gasteiger partial charge in [0.05, 0.1) is 18.7 Å². The highest BCUT2D eigenvalue weighted by molar-refractivity contribution is 5.80. The van der Waals surface area contributed by atoms with Crippen LogP contribution in [0.5, 0.6) is 0 Å². The SMILES string of the molecule is O=c1c(CNCc2ccc(F)cc2)cc2ccc(Cc3ccccc3)cc2n1CCN1CCOCC1. The number of pyridine rings is 1. The van der Waals surface area contributed by atoms with E-state index in [-0.39, 0.29) is 11.4 Å². The lowest BCUT2D eigenvalue weighted by Gasteiger charge is -2.27. The first-order chi connectivity index (χ1) is 17.7. The fourth-order valence-corrected chi connectivity index (χ4v) is 4.78. The van der Waals surface area contributed by atoms with E-state index in [9.17, 15) is 9.18 Å². The van der Waals surface area contributed by atoms with Crippen LogP contribution in [0.4, 0.5) is 4.39 Å². The molecule has 0 bridgehead atoms. The molecule has 3 aromatic carbocycles. The van der Waals surface area contributed by atoms with Crippen LogP contribution in [-0.2, 0) is 30.8 Å². The minimum absolute atomic E-state index is 0.0410. The van der Waals surface area contributed by atoms with Crippen molar-refractivity contribution in [1.29, 1.82) is 0 Å². The topological polar surface area (TPSA) is 46.5 Å². The summed E-state index contributed by atoms with van der Waals surface area (Å²) in [5, 5.41) is 4.42. The molecule has 0 unspecified atom stereocenters. The second-order valence-electron chi connectivity index (χ2n) is 9.37. The Kier molecular flexibility index (Phi) is 7.86. The summed E-state index contributed by atoms with van der Waals surface area (Å²) >= 11 is 0. The van der Waals surface area contributed by atoms with Gasteiger partial charge in [-0.1, -0.05) is 54.6 Å². The number of hydrogen-bond acceptors (Lipinski definition) is 4. The Morgan fingerprint density at radius 1 is 0.806 bits per heavy atom. The number of morpholine rings is 1. The maximum absolute atomic E-state index is 13.6. The highest BCUT2D eigenvalue weighted by Crippen LogP contribution is 2.19. The lowest BCUT2D eigenvalue weighted by atomic mass is 10.0. The van der Waals surface area contributed by atoms with Gasteiger partial charge in [0, 0.05) is 44.8 Å². The highest BCUT2D eigenvalue weighted by Gasteiger charge is 2.14. The minimum Gasteiger partial charge on any atom is -0.379 e. The number of ether oxygens (including phenoxy) is 1. The summed E-state index contributed by atoms with van der Waals surface area (Å²) in [6.07, 6.45) is 0.829. The lowest BCUT2D eigenvalue weighted by Crippen LogP contribution is -2.39. The van der Waals surface area contributed by atoms with E-state index in [0.717, 1.165) is 61.3 Å². The van der Waals surface area contributed by atoms with Crippen LogP contribution in [0.1, 0.15) is 22.3 Å². The highest BCUT2D eigenvalue weighted by atomic mass is 19.1. The van der Waals surface area contributed by atoms with Crippen molar-refractivity contribution in [2.75, 3.05) is 32.8 Å². The summed E-state index contributed by atoms with van der Waals surface area (Å²) in [6, 6.07) is 25.3. The predicted molar refractivity (Wildman–Crippen MR) is 142 cm³/mol. The van der Waals surface area contributed by atoms with Gasteiger partial charge in [0.1, 0.15) is 5.82 Å². The van der Waals surface area contributed by atoms with E-state index >= 15 is 0 Å². The zero-order valence-electron chi connectivity index (χ0n) is 20.5. The molecular formula is C30H32FN3O2. The van der Waals surface area contributed by atoms with Crippen LogP contribution in [0.15, 0.2) is 83.7 Å². The summed E-state index contributed by atoms with van der Waals surface area (Å²) in [5.41, 5.74) is 5.18. The van der Waals surface area contributed by atoms with E-state index in [4.69, 9.17) is 4.74 Å². The van der Waals surface area contributed by atoms with Crippen LogP contribution in [0.25, 0.3) is 10.9 Å². The molecule has 0 radical (unpaired) electrons. The van der Waals surface area contributed by atoms with Crippen molar-refractivity contribution in [2.45, 2.75) is 26.1 Å². The van der Waals surface area contributed by atoms with E-state index in [0.29, 0.717) is 19.6 Å². The fourth-order valence-electron chi connectivity index (χ4n) is 4.78. The number of nitrogens with zero attached hydrogens (tertiary/aromatic N) is 2. The van der Waals surface area contributed by atoms with E-state index < -0.39 is 0 Å². The molecule has 5 rings (SSSR count). The monoisotopic (exact) mass is 485 g/mol. The fraction of sp³-hybridized carbons (Fsp3) is 0.300. The molecule has 6 heteroatoms. The van der Waals surface area contributed by atoms with Crippen molar-refractivity contribution in [2.24, 2.45) is 0 Å². The summed E-state index contributed by atoms with van der Waals surface area (Å²) in [5.74, 6) is -0.247. The minimum atomic E-state index is -0.247. The largest absolute Gasteiger partial charge is 0.379 e. The van der Waals surface area contributed by atoms with Crippen LogP contribution in [0.3, 0.4) is 0 Å². The van der Waals surface area contributed by atoms with E-state index in [1.165, 1.54) is 23.3 Å². The maximum Gasteiger partial charge on any atom is 0.255 e. The molecule has 1 fully saturated rings. The first-order valence-electron chi connectivity index (χ1n) is 12.6. The summed E-state index contributed by atoms with van der Waals surface area (Å²) in [6.45, 7) is 5.74. The Morgan fingerprint density at radius 3 is 2.33 bits per heavy atom. The molecule has 5 nitrogen and oxygen atoms in total. The van der Waals surface area contributed by atoms with Gasteiger partial charge in [-0.2, -0.15) is 0 Å². The van der Waals surface area contributed by atoms with Crippen LogP contribution < -0.4 is 10.9 Å². The first kappa shape index (κ1) is 24.4. The zero-order chi connectivity index (χ0) is 24.7. The van der Waals surface area contributed by atoms with Gasteiger partial charge in [0.25, 0.3) is 5.56 Å². The van der Waals surface area contributed by atoms with Gasteiger partial charge in [0.15, 0.2) is 0 Å². The number of benzene rings is 3. The Balaban J connectivity index is 1.41. The molecule has 1 N–H and O–H groups in total. The molecule has 1 aliphatic heterocycles. The third-order valence-electron chi connectivity index (χ3n) is 6.79. The standard InChI is InChI=1S/C30H32FN3O2/c31-28-10-7-24(8-11-28)21-32-22-27-20-26-9-6-25(18-23-4-2-1-3-5-23)19-29(26)34(30(27)35)13-12-33-14-16-36-17-15-33/h1-11,19-20,32H,12-18,21-22H2. The predicted octanol–water partition coefficient (Wildman–Crippen LogP) is 4.35. The van der Waals surface area contributed by atoms with E-state index in [1.54, 1.807) is 12.1 Å². The molecule has 4 aromatic rings. The lowest BCUT2D eigenvalue weighted by molar-refractivity contribution is 0.0364. The second-order valence-corrected chi connectivity index (χ2v) is 9.37. The number of fused-ring (bicyclic) bond motifs is 1. The van der Waals surface area contributed by atoms with Gasteiger partial charge in [0.2, 0.25) is 0 Å². The molecule has 186 valence electrons. The Morgan fingerprint density at radius 2 is 1.56 bits per heavy atom. The molecule has 0 spiro atoms. The molecule has 0 amide bonds. The van der Waals surface area contributed by atoms with Crippen LogP contribution in [0, 0.1) is 5.82 Å². The van der Waals surface area contributed by atoms with Gasteiger partial charge in [-0.05, 0) is 52.8 Å². The molecule has 36 heavy (non-hydrogen) atoms. The van der Waals surface area contributed by atoms with Crippen LogP contribution >= 0.6 is 0 Å². The van der Waals surface area contributed by atoms with Crippen molar-refractivity contribution < 1.29 is 9.13 Å². The van der Waals surface area contributed by atoms with Gasteiger partial charge >= 0.3 is 0 Å². The molecule has 1 saturated heterocycles. The normalized spacial score (nSPS) is 14.4. The van der Waals surface area contributed by atoms with Gasteiger partial charge in [-0.15, -0.1) is 0 Å². The number of nitrogens with one attached hydrogen (secondary N) is 1. The van der Waals surface area contributed by atoms with Crippen molar-refractivity contribution >= 4 is 10.9 Å². The van der Waals surface area contributed by atoms with Crippen molar-refractivity contribution in [3.8, 4) is 0 Å². The molecule has 0 atom stereocenters. The number of aromatic nitrogens is 1. The van der Waals surface area contributed by atoms with Gasteiger partial charge < -0.3 is 14.6 Å². The molecule has 1 aromatic heterocycles. The van der Waals surface area contributed by atoms with Crippen molar-refractivity contribution in [1.82, 2.24) is 14.8 Å². The third-order valence-corrected chi connectivity index (χ3v) is 6.79. The van der Waals surface area contributed by atoms with Crippen LogP contribution in [-0.4, -0.2) is 42.3 Å². The average molecular weight is 486 g/mol. The molecule has 2 heterocycles. The Bertz CT molecular complexity index is 1350. The van der Waals surface area contributed by atoms with Crippen LogP contribution in [0.2, 0.25) is 0 Å². The van der Waals surface area contributed by atoms with Gasteiger partial charge in [-0.3, -0.25) is 9.69 Å². The smallest absolute Gasteiger partial charge is 0.255 e. The third kappa shape index (κ3) is 6.08. The molecule has 0 saturated carbocycles. The van der Waals surface area contributed by atoms with Gasteiger partial charge in [-0.25, -0.2) is 4.39 Å².